The molecule has 2 fully saturated rings. The summed E-state index contributed by atoms with van der Waals surface area (Å²) in [4.78, 5) is 32.6. The van der Waals surface area contributed by atoms with Crippen LogP contribution in [0.2, 0.25) is 0 Å². The third kappa shape index (κ3) is 2.79. The molecular weight excluding hydrogens is 354 g/mol. The normalized spacial score (nSPS) is 25.5. The highest BCUT2D eigenvalue weighted by Gasteiger charge is 2.48. The number of hydrogen-bond acceptors (Lipinski definition) is 6. The molecule has 2 aromatic rings. The molecule has 0 radical (unpaired) electrons. The van der Waals surface area contributed by atoms with Crippen molar-refractivity contribution in [1.29, 1.82) is 0 Å². The standard InChI is InChI=1S/C20H25N7O/c1-25(2)13-7-10-26(12-13)18-6-4-15-14-3-5-16(14)27(19(15)24-18)20(28)23-17-11-21-8-9-22-17/h4,6,8-9,11,13-14,16H,3,5,7,10,12H2,1-2H3,(H,22,23,28)/t13-,14?,16?/m0/s1. The SMILES string of the molecule is CN(C)[C@H]1CCN(c2ccc3c(n2)N(C(=O)Nc2cnccn2)C2CCC32)C1. The van der Waals surface area contributed by atoms with Crippen molar-refractivity contribution in [3.05, 3.63) is 36.3 Å². The van der Waals surface area contributed by atoms with E-state index in [1.165, 1.54) is 5.56 Å². The molecule has 0 bridgehead atoms. The fourth-order valence-corrected chi connectivity index (χ4v) is 4.57. The topological polar surface area (TPSA) is 77.5 Å². The minimum absolute atomic E-state index is 0.175. The van der Waals surface area contributed by atoms with Gasteiger partial charge in [0.15, 0.2) is 5.82 Å². The molecule has 3 atom stereocenters. The van der Waals surface area contributed by atoms with Crippen molar-refractivity contribution in [3.63, 3.8) is 0 Å². The smallest absolute Gasteiger partial charge is 0.329 e. The Kier molecular flexibility index (Phi) is 4.16. The summed E-state index contributed by atoms with van der Waals surface area (Å²) in [7, 11) is 4.25. The molecule has 3 aliphatic rings. The number of carbonyl (C=O) groups excluding carboxylic acids is 1. The van der Waals surface area contributed by atoms with Crippen LogP contribution in [0.1, 0.15) is 30.7 Å². The van der Waals surface area contributed by atoms with Gasteiger partial charge in [-0.25, -0.2) is 14.8 Å². The van der Waals surface area contributed by atoms with E-state index in [0.717, 1.165) is 44.0 Å². The summed E-state index contributed by atoms with van der Waals surface area (Å²) in [5, 5.41) is 2.87. The first-order valence-electron chi connectivity index (χ1n) is 9.90. The zero-order valence-electron chi connectivity index (χ0n) is 16.2. The third-order valence-corrected chi connectivity index (χ3v) is 6.32. The molecule has 1 saturated carbocycles. The number of amides is 2. The number of pyridine rings is 1. The zero-order valence-corrected chi connectivity index (χ0v) is 16.2. The molecule has 0 aromatic carbocycles. The molecule has 1 aliphatic carbocycles. The Labute approximate surface area is 164 Å². The average molecular weight is 379 g/mol. The van der Waals surface area contributed by atoms with Crippen molar-refractivity contribution in [3.8, 4) is 0 Å². The van der Waals surface area contributed by atoms with Gasteiger partial charge < -0.3 is 9.80 Å². The van der Waals surface area contributed by atoms with E-state index in [9.17, 15) is 4.79 Å². The van der Waals surface area contributed by atoms with Crippen LogP contribution < -0.4 is 15.1 Å². The van der Waals surface area contributed by atoms with Gasteiger partial charge in [-0.1, -0.05) is 6.07 Å². The zero-order chi connectivity index (χ0) is 19.3. The maximum absolute atomic E-state index is 13.0. The van der Waals surface area contributed by atoms with Gasteiger partial charge in [0.1, 0.15) is 11.6 Å². The molecule has 0 spiro atoms. The van der Waals surface area contributed by atoms with Gasteiger partial charge in [0.25, 0.3) is 0 Å². The van der Waals surface area contributed by atoms with E-state index in [4.69, 9.17) is 4.98 Å². The summed E-state index contributed by atoms with van der Waals surface area (Å²) in [5.74, 6) is 2.63. The molecule has 1 saturated heterocycles. The quantitative estimate of drug-likeness (QED) is 0.882. The maximum Gasteiger partial charge on any atom is 0.329 e. The first kappa shape index (κ1) is 17.4. The van der Waals surface area contributed by atoms with Crippen LogP contribution in [0.15, 0.2) is 30.7 Å². The van der Waals surface area contributed by atoms with Crippen molar-refractivity contribution in [1.82, 2.24) is 19.9 Å². The second-order valence-corrected chi connectivity index (χ2v) is 8.08. The second-order valence-electron chi connectivity index (χ2n) is 8.08. The van der Waals surface area contributed by atoms with Gasteiger partial charge in [-0.2, -0.15) is 0 Å². The number of anilines is 3. The predicted octanol–water partition coefficient (Wildman–Crippen LogP) is 2.31. The minimum Gasteiger partial charge on any atom is -0.355 e. The molecule has 2 aromatic heterocycles. The van der Waals surface area contributed by atoms with Crippen LogP contribution in [-0.2, 0) is 0 Å². The molecule has 146 valence electrons. The average Bonchev–Trinajstić information content (AvgIpc) is 3.24. The molecule has 5 rings (SSSR count). The van der Waals surface area contributed by atoms with E-state index < -0.39 is 0 Å². The third-order valence-electron chi connectivity index (χ3n) is 6.32. The van der Waals surface area contributed by atoms with Crippen LogP contribution in [0.3, 0.4) is 0 Å². The number of hydrogen-bond donors (Lipinski definition) is 1. The van der Waals surface area contributed by atoms with Gasteiger partial charge in [-0.15, -0.1) is 0 Å². The number of fused-ring (bicyclic) bond motifs is 3. The lowest BCUT2D eigenvalue weighted by atomic mass is 9.78. The number of aromatic nitrogens is 3. The van der Waals surface area contributed by atoms with Gasteiger partial charge >= 0.3 is 6.03 Å². The Morgan fingerprint density at radius 1 is 1.21 bits per heavy atom. The maximum atomic E-state index is 13.0. The molecular formula is C20H25N7O. The highest BCUT2D eigenvalue weighted by atomic mass is 16.2. The Morgan fingerprint density at radius 3 is 2.79 bits per heavy atom. The predicted molar refractivity (Wildman–Crippen MR) is 108 cm³/mol. The van der Waals surface area contributed by atoms with Crippen LogP contribution in [0.25, 0.3) is 0 Å². The number of nitrogens with one attached hydrogen (secondary N) is 1. The van der Waals surface area contributed by atoms with Crippen molar-refractivity contribution in [2.45, 2.75) is 37.3 Å². The van der Waals surface area contributed by atoms with Gasteiger partial charge in [0.05, 0.1) is 6.20 Å². The van der Waals surface area contributed by atoms with Gasteiger partial charge in [-0.05, 0) is 39.4 Å². The second kappa shape index (κ2) is 6.70. The molecule has 8 heteroatoms. The number of nitrogens with zero attached hydrogens (tertiary/aromatic N) is 6. The van der Waals surface area contributed by atoms with Crippen LogP contribution in [0, 0.1) is 0 Å². The Hall–Kier alpha value is -2.74. The molecule has 28 heavy (non-hydrogen) atoms. The summed E-state index contributed by atoms with van der Waals surface area (Å²) in [6, 6.07) is 4.86. The summed E-state index contributed by atoms with van der Waals surface area (Å²) in [5.41, 5.74) is 1.19. The summed E-state index contributed by atoms with van der Waals surface area (Å²) in [6.45, 7) is 1.96. The minimum atomic E-state index is -0.175. The van der Waals surface area contributed by atoms with Crippen molar-refractivity contribution >= 4 is 23.5 Å². The Bertz CT molecular complexity index is 887. The van der Waals surface area contributed by atoms with E-state index in [0.29, 0.717) is 17.8 Å². The van der Waals surface area contributed by atoms with Crippen LogP contribution in [0.5, 0.6) is 0 Å². The van der Waals surface area contributed by atoms with Crippen LogP contribution in [-0.4, -0.2) is 65.2 Å². The number of likely N-dealkylation sites (N-methyl/N-ethyl adjacent to an activating group) is 1. The Balaban J connectivity index is 1.42. The first-order valence-corrected chi connectivity index (χ1v) is 9.90. The molecule has 2 amide bonds. The summed E-state index contributed by atoms with van der Waals surface area (Å²) >= 11 is 0. The van der Waals surface area contributed by atoms with E-state index in [2.05, 4.69) is 51.3 Å². The van der Waals surface area contributed by atoms with Crippen molar-refractivity contribution in [2.75, 3.05) is 42.3 Å². The van der Waals surface area contributed by atoms with E-state index in [1.54, 1.807) is 18.6 Å². The van der Waals surface area contributed by atoms with Gasteiger partial charge in [0, 0.05) is 49.0 Å². The van der Waals surface area contributed by atoms with Gasteiger partial charge in [0.2, 0.25) is 0 Å². The molecule has 2 aliphatic heterocycles. The molecule has 8 nitrogen and oxygen atoms in total. The molecule has 1 N–H and O–H groups in total. The van der Waals surface area contributed by atoms with E-state index in [-0.39, 0.29) is 12.1 Å². The lowest BCUT2D eigenvalue weighted by Crippen LogP contribution is -2.46. The van der Waals surface area contributed by atoms with Gasteiger partial charge in [-0.3, -0.25) is 15.2 Å². The van der Waals surface area contributed by atoms with E-state index in [1.807, 2.05) is 4.90 Å². The summed E-state index contributed by atoms with van der Waals surface area (Å²) in [6.07, 6.45) is 7.98. The lowest BCUT2D eigenvalue weighted by Gasteiger charge is -2.35. The van der Waals surface area contributed by atoms with Crippen molar-refractivity contribution in [2.24, 2.45) is 0 Å². The highest BCUT2D eigenvalue weighted by Crippen LogP contribution is 2.51. The summed E-state index contributed by atoms with van der Waals surface area (Å²) < 4.78 is 0. The number of carbonyl (C=O) groups is 1. The lowest BCUT2D eigenvalue weighted by molar-refractivity contribution is 0.248. The van der Waals surface area contributed by atoms with E-state index >= 15 is 0 Å². The highest BCUT2D eigenvalue weighted by molar-refractivity contribution is 6.03. The number of rotatable bonds is 3. The largest absolute Gasteiger partial charge is 0.355 e. The molecule has 2 unspecified atom stereocenters. The van der Waals surface area contributed by atoms with Crippen LogP contribution >= 0.6 is 0 Å². The fraction of sp³-hybridized carbons (Fsp3) is 0.500. The fourth-order valence-electron chi connectivity index (χ4n) is 4.57. The monoisotopic (exact) mass is 379 g/mol. The number of urea groups is 1. The first-order chi connectivity index (χ1) is 13.6. The van der Waals surface area contributed by atoms with Crippen molar-refractivity contribution < 1.29 is 4.79 Å². The van der Waals surface area contributed by atoms with Crippen LogP contribution in [0.4, 0.5) is 22.2 Å². The molecule has 4 heterocycles. The Morgan fingerprint density at radius 2 is 2.11 bits per heavy atom.